The summed E-state index contributed by atoms with van der Waals surface area (Å²) in [7, 11) is 0. The molecule has 0 aliphatic rings. The van der Waals surface area contributed by atoms with Gasteiger partial charge in [-0.25, -0.2) is 0 Å². The van der Waals surface area contributed by atoms with Gasteiger partial charge in [0, 0.05) is 5.69 Å². The van der Waals surface area contributed by atoms with Crippen molar-refractivity contribution >= 4 is 46.6 Å². The lowest BCUT2D eigenvalue weighted by Crippen LogP contribution is -2.35. The van der Waals surface area contributed by atoms with Crippen molar-refractivity contribution in [1.82, 2.24) is 10.1 Å². The number of thioether (sulfide) groups is 1. The van der Waals surface area contributed by atoms with Crippen molar-refractivity contribution in [3.05, 3.63) is 64.9 Å². The molecule has 0 bridgehead atoms. The van der Waals surface area contributed by atoms with E-state index in [0.717, 1.165) is 5.69 Å². The molecule has 1 amide bonds. The lowest BCUT2D eigenvalue weighted by molar-refractivity contribution is -0.694. The summed E-state index contributed by atoms with van der Waals surface area (Å²) in [6.07, 6.45) is 1.59. The molecule has 3 aromatic rings. The van der Waals surface area contributed by atoms with Crippen LogP contribution in [0, 0.1) is 0 Å². The first kappa shape index (κ1) is 16.8. The number of carbonyl (C=O) groups excluding carboxylic acids is 1. The Morgan fingerprint density at radius 1 is 1.17 bits per heavy atom. The number of H-pyrrole nitrogens is 1. The van der Waals surface area contributed by atoms with Crippen LogP contribution in [0.15, 0.2) is 60.0 Å². The maximum absolute atomic E-state index is 12.1. The van der Waals surface area contributed by atoms with Crippen molar-refractivity contribution in [3.63, 3.8) is 0 Å². The number of aromatic amines is 1. The molecule has 122 valence electrons. The van der Waals surface area contributed by atoms with Crippen LogP contribution >= 0.6 is 35.0 Å². The molecule has 0 saturated carbocycles. The topological polar surface area (TPSA) is 61.7 Å². The van der Waals surface area contributed by atoms with Crippen molar-refractivity contribution in [2.75, 3.05) is 11.1 Å². The maximum atomic E-state index is 12.1. The summed E-state index contributed by atoms with van der Waals surface area (Å²) in [5.74, 6) is 0.0683. The highest BCUT2D eigenvalue weighted by Gasteiger charge is 2.18. The van der Waals surface area contributed by atoms with E-state index in [4.69, 9.17) is 23.2 Å². The molecule has 0 radical (unpaired) electrons. The number of hydrogen-bond donors (Lipinski definition) is 2. The summed E-state index contributed by atoms with van der Waals surface area (Å²) in [5.41, 5.74) is 1.55. The second kappa shape index (κ2) is 7.70. The number of carbonyl (C=O) groups is 1. The molecular formula is C16H13Cl2N4OS+. The Kier molecular flexibility index (Phi) is 5.40. The molecule has 1 heterocycles. The molecule has 8 heteroatoms. The Morgan fingerprint density at radius 3 is 2.71 bits per heavy atom. The fourth-order valence-electron chi connectivity index (χ4n) is 2.02. The minimum absolute atomic E-state index is 0.152. The van der Waals surface area contributed by atoms with E-state index in [0.29, 0.717) is 20.9 Å². The third kappa shape index (κ3) is 4.08. The first-order valence-electron chi connectivity index (χ1n) is 7.02. The van der Waals surface area contributed by atoms with Gasteiger partial charge in [0.25, 0.3) is 0 Å². The molecular weight excluding hydrogens is 367 g/mol. The minimum atomic E-state index is -0.152. The van der Waals surface area contributed by atoms with E-state index in [1.165, 1.54) is 11.8 Å². The maximum Gasteiger partial charge on any atom is 0.385 e. The van der Waals surface area contributed by atoms with Crippen LogP contribution in [0.5, 0.6) is 0 Å². The van der Waals surface area contributed by atoms with Crippen molar-refractivity contribution in [2.45, 2.75) is 5.16 Å². The van der Waals surface area contributed by atoms with Gasteiger partial charge in [-0.2, -0.15) is 5.10 Å². The van der Waals surface area contributed by atoms with E-state index >= 15 is 0 Å². The Balaban J connectivity index is 1.63. The molecule has 0 aliphatic heterocycles. The molecule has 0 saturated heterocycles. The van der Waals surface area contributed by atoms with E-state index in [1.54, 1.807) is 24.5 Å². The molecule has 0 spiro atoms. The van der Waals surface area contributed by atoms with Crippen LogP contribution in [-0.4, -0.2) is 21.7 Å². The van der Waals surface area contributed by atoms with Gasteiger partial charge in [0.1, 0.15) is 0 Å². The number of rotatable bonds is 5. The summed E-state index contributed by atoms with van der Waals surface area (Å²) < 4.78 is 1.82. The van der Waals surface area contributed by atoms with Crippen LogP contribution in [0.1, 0.15) is 0 Å². The molecule has 3 rings (SSSR count). The molecule has 2 aromatic carbocycles. The average Bonchev–Trinajstić information content (AvgIpc) is 3.06. The van der Waals surface area contributed by atoms with E-state index in [2.05, 4.69) is 15.4 Å². The second-order valence-electron chi connectivity index (χ2n) is 4.81. The minimum Gasteiger partial charge on any atom is -0.325 e. The smallest absolute Gasteiger partial charge is 0.325 e. The van der Waals surface area contributed by atoms with Crippen molar-refractivity contribution < 1.29 is 9.48 Å². The monoisotopic (exact) mass is 379 g/mol. The summed E-state index contributed by atoms with van der Waals surface area (Å²) in [6.45, 7) is 0. The number of benzene rings is 2. The highest BCUT2D eigenvalue weighted by atomic mass is 35.5. The molecule has 24 heavy (non-hydrogen) atoms. The number of nitrogens with zero attached hydrogens (tertiary/aromatic N) is 2. The lowest BCUT2D eigenvalue weighted by atomic mass is 10.3. The largest absolute Gasteiger partial charge is 0.385 e. The van der Waals surface area contributed by atoms with Gasteiger partial charge >= 0.3 is 5.16 Å². The quantitative estimate of drug-likeness (QED) is 0.524. The molecule has 0 unspecified atom stereocenters. The Hall–Kier alpha value is -2.02. The van der Waals surface area contributed by atoms with Crippen molar-refractivity contribution in [2.24, 2.45) is 0 Å². The van der Waals surface area contributed by atoms with E-state index < -0.39 is 0 Å². The van der Waals surface area contributed by atoms with Crippen LogP contribution in [0.3, 0.4) is 0 Å². The normalized spacial score (nSPS) is 10.6. The molecule has 0 fully saturated rings. The van der Waals surface area contributed by atoms with E-state index in [9.17, 15) is 4.79 Å². The Morgan fingerprint density at radius 2 is 1.96 bits per heavy atom. The van der Waals surface area contributed by atoms with Gasteiger partial charge in [-0.05, 0) is 47.1 Å². The molecule has 5 nitrogen and oxygen atoms in total. The molecule has 1 aromatic heterocycles. The summed E-state index contributed by atoms with van der Waals surface area (Å²) in [6, 6.07) is 14.7. The lowest BCUT2D eigenvalue weighted by Gasteiger charge is -2.05. The van der Waals surface area contributed by atoms with Crippen LogP contribution < -0.4 is 10.00 Å². The SMILES string of the molecule is O=C(CSc1nc[nH][n+]1-c1ccccc1)Nc1ccc(Cl)c(Cl)c1. The van der Waals surface area contributed by atoms with Gasteiger partial charge in [-0.15, -0.1) is 4.68 Å². The number of anilines is 1. The average molecular weight is 380 g/mol. The predicted octanol–water partition coefficient (Wildman–Crippen LogP) is 3.72. The van der Waals surface area contributed by atoms with Crippen LogP contribution in [0.2, 0.25) is 10.0 Å². The number of para-hydroxylation sites is 1. The Bertz CT molecular complexity index is 854. The van der Waals surface area contributed by atoms with Gasteiger partial charge in [0.05, 0.1) is 15.8 Å². The fourth-order valence-corrected chi connectivity index (χ4v) is 3.06. The zero-order valence-corrected chi connectivity index (χ0v) is 14.7. The molecule has 0 atom stereocenters. The highest BCUT2D eigenvalue weighted by Crippen LogP contribution is 2.25. The van der Waals surface area contributed by atoms with Crippen molar-refractivity contribution in [3.8, 4) is 5.69 Å². The third-order valence-electron chi connectivity index (χ3n) is 3.10. The van der Waals surface area contributed by atoms with Crippen LogP contribution in [0.25, 0.3) is 5.69 Å². The second-order valence-corrected chi connectivity index (χ2v) is 6.56. The number of hydrogen-bond acceptors (Lipinski definition) is 3. The Labute approximate surface area is 153 Å². The number of aromatic nitrogens is 3. The van der Waals surface area contributed by atoms with Crippen LogP contribution in [-0.2, 0) is 4.79 Å². The zero-order chi connectivity index (χ0) is 16.9. The first-order chi connectivity index (χ1) is 11.6. The number of nitrogens with one attached hydrogen (secondary N) is 2. The standard InChI is InChI=1S/C16H12Cl2N4OS/c17-13-7-6-11(8-14(13)18)21-15(23)9-24-16-19-10-20-22(16)12-4-2-1-3-5-12/h1-8,10H,9H2,(H,21,23)/p+1. The number of amides is 1. The van der Waals surface area contributed by atoms with Gasteiger partial charge in [-0.1, -0.05) is 41.4 Å². The van der Waals surface area contributed by atoms with Gasteiger partial charge in [0.2, 0.25) is 12.2 Å². The van der Waals surface area contributed by atoms with Crippen molar-refractivity contribution in [1.29, 1.82) is 0 Å². The van der Waals surface area contributed by atoms with E-state index in [-0.39, 0.29) is 11.7 Å². The molecule has 0 aliphatic carbocycles. The molecule has 2 N–H and O–H groups in total. The summed E-state index contributed by atoms with van der Waals surface area (Å²) in [5, 5.41) is 7.36. The third-order valence-corrected chi connectivity index (χ3v) is 4.79. The van der Waals surface area contributed by atoms with E-state index in [1.807, 2.05) is 35.0 Å². The van der Waals surface area contributed by atoms with Gasteiger partial charge in [-0.3, -0.25) is 4.79 Å². The zero-order valence-electron chi connectivity index (χ0n) is 12.4. The summed E-state index contributed by atoms with van der Waals surface area (Å²) >= 11 is 13.1. The summed E-state index contributed by atoms with van der Waals surface area (Å²) in [4.78, 5) is 16.3. The van der Waals surface area contributed by atoms with Crippen LogP contribution in [0.4, 0.5) is 5.69 Å². The highest BCUT2D eigenvalue weighted by molar-refractivity contribution is 7.99. The fraction of sp³-hybridized carbons (Fsp3) is 0.0625. The number of halogens is 2. The first-order valence-corrected chi connectivity index (χ1v) is 8.76. The van der Waals surface area contributed by atoms with Gasteiger partial charge in [0.15, 0.2) is 5.69 Å². The van der Waals surface area contributed by atoms with Gasteiger partial charge < -0.3 is 5.32 Å². The predicted molar refractivity (Wildman–Crippen MR) is 95.9 cm³/mol.